The zero-order valence-corrected chi connectivity index (χ0v) is 10.7. The number of benzene rings is 1. The van der Waals surface area contributed by atoms with E-state index in [0.29, 0.717) is 13.0 Å². The average molecular weight is 262 g/mol. The van der Waals surface area contributed by atoms with Crippen LogP contribution in [0.1, 0.15) is 18.4 Å². The molecule has 19 heavy (non-hydrogen) atoms. The third kappa shape index (κ3) is 3.79. The summed E-state index contributed by atoms with van der Waals surface area (Å²) in [6.45, 7) is 0.571. The van der Waals surface area contributed by atoms with E-state index in [4.69, 9.17) is 5.11 Å². The standard InChI is InChI=1S/C14H18N2O3/c17-6-2-4-10-3-1-5-12(7-10)16-14(19)11-8-13(18)15-9-11/h1,3,5,7,11,17H,2,4,6,8-9H2,(H,15,18)(H,16,19). The lowest BCUT2D eigenvalue weighted by atomic mass is 10.1. The van der Waals surface area contributed by atoms with E-state index in [-0.39, 0.29) is 30.8 Å². The summed E-state index contributed by atoms with van der Waals surface area (Å²) < 4.78 is 0. The molecule has 2 amide bonds. The third-order valence-electron chi connectivity index (χ3n) is 3.17. The fraction of sp³-hybridized carbons (Fsp3) is 0.429. The van der Waals surface area contributed by atoms with E-state index in [1.165, 1.54) is 0 Å². The van der Waals surface area contributed by atoms with Gasteiger partial charge in [0.2, 0.25) is 11.8 Å². The van der Waals surface area contributed by atoms with Crippen LogP contribution in [0.5, 0.6) is 0 Å². The third-order valence-corrected chi connectivity index (χ3v) is 3.17. The molecule has 0 spiro atoms. The van der Waals surface area contributed by atoms with Crippen LogP contribution in [0.4, 0.5) is 5.69 Å². The number of nitrogens with one attached hydrogen (secondary N) is 2. The highest BCUT2D eigenvalue weighted by atomic mass is 16.3. The maximum absolute atomic E-state index is 11.9. The number of hydrogen-bond donors (Lipinski definition) is 3. The Hall–Kier alpha value is -1.88. The van der Waals surface area contributed by atoms with Crippen LogP contribution in [-0.4, -0.2) is 30.1 Å². The van der Waals surface area contributed by atoms with Crippen LogP contribution in [-0.2, 0) is 16.0 Å². The first-order valence-corrected chi connectivity index (χ1v) is 6.46. The van der Waals surface area contributed by atoms with Gasteiger partial charge in [-0.25, -0.2) is 0 Å². The van der Waals surface area contributed by atoms with Gasteiger partial charge < -0.3 is 15.7 Å². The zero-order chi connectivity index (χ0) is 13.7. The van der Waals surface area contributed by atoms with Gasteiger partial charge in [-0.1, -0.05) is 12.1 Å². The van der Waals surface area contributed by atoms with Crippen molar-refractivity contribution in [2.75, 3.05) is 18.5 Å². The predicted octanol–water partition coefficient (Wildman–Crippen LogP) is 0.686. The molecule has 0 radical (unpaired) electrons. The summed E-state index contributed by atoms with van der Waals surface area (Å²) >= 11 is 0. The van der Waals surface area contributed by atoms with E-state index < -0.39 is 0 Å². The number of anilines is 1. The lowest BCUT2D eigenvalue weighted by Gasteiger charge is -2.10. The predicted molar refractivity (Wildman–Crippen MR) is 71.6 cm³/mol. The van der Waals surface area contributed by atoms with Crippen molar-refractivity contribution < 1.29 is 14.7 Å². The number of aryl methyl sites for hydroxylation is 1. The Morgan fingerprint density at radius 3 is 3.00 bits per heavy atom. The Morgan fingerprint density at radius 2 is 2.32 bits per heavy atom. The molecular formula is C14H18N2O3. The Labute approximate surface area is 112 Å². The quantitative estimate of drug-likeness (QED) is 0.730. The molecule has 5 nitrogen and oxygen atoms in total. The van der Waals surface area contributed by atoms with Gasteiger partial charge in [0, 0.05) is 25.3 Å². The molecule has 3 N–H and O–H groups in total. The molecule has 1 atom stereocenters. The van der Waals surface area contributed by atoms with Crippen molar-refractivity contribution in [2.45, 2.75) is 19.3 Å². The minimum Gasteiger partial charge on any atom is -0.396 e. The summed E-state index contributed by atoms with van der Waals surface area (Å²) in [7, 11) is 0. The molecule has 1 aliphatic rings. The molecule has 1 heterocycles. The SMILES string of the molecule is O=C1CC(C(=O)Nc2cccc(CCCO)c2)CN1. The molecular weight excluding hydrogens is 244 g/mol. The Morgan fingerprint density at radius 1 is 1.47 bits per heavy atom. The molecule has 2 rings (SSSR count). The second kappa shape index (κ2) is 6.33. The molecule has 0 saturated carbocycles. The van der Waals surface area contributed by atoms with Crippen LogP contribution < -0.4 is 10.6 Å². The Balaban J connectivity index is 1.94. The Kier molecular flexibility index (Phi) is 4.52. The second-order valence-corrected chi connectivity index (χ2v) is 4.72. The molecule has 102 valence electrons. The van der Waals surface area contributed by atoms with E-state index in [9.17, 15) is 9.59 Å². The number of carbonyl (C=O) groups excluding carboxylic acids is 2. The number of rotatable bonds is 5. The molecule has 1 aromatic carbocycles. The highest BCUT2D eigenvalue weighted by Crippen LogP contribution is 2.16. The summed E-state index contributed by atoms with van der Waals surface area (Å²) in [5.41, 5.74) is 1.81. The molecule has 1 unspecified atom stereocenters. The molecule has 1 saturated heterocycles. The van der Waals surface area contributed by atoms with Crippen molar-refractivity contribution in [2.24, 2.45) is 5.92 Å². The Bertz CT molecular complexity index is 474. The first-order chi connectivity index (χ1) is 9.19. The molecule has 0 aliphatic carbocycles. The van der Waals surface area contributed by atoms with Gasteiger partial charge in [-0.05, 0) is 30.5 Å². The minimum absolute atomic E-state index is 0.0724. The van der Waals surface area contributed by atoms with Gasteiger partial charge in [-0.3, -0.25) is 9.59 Å². The van der Waals surface area contributed by atoms with Crippen molar-refractivity contribution >= 4 is 17.5 Å². The fourth-order valence-corrected chi connectivity index (χ4v) is 2.12. The van der Waals surface area contributed by atoms with Crippen molar-refractivity contribution in [3.05, 3.63) is 29.8 Å². The maximum Gasteiger partial charge on any atom is 0.229 e. The van der Waals surface area contributed by atoms with Crippen molar-refractivity contribution in [1.82, 2.24) is 5.32 Å². The van der Waals surface area contributed by atoms with E-state index in [1.807, 2.05) is 24.3 Å². The van der Waals surface area contributed by atoms with E-state index in [0.717, 1.165) is 17.7 Å². The van der Waals surface area contributed by atoms with Crippen molar-refractivity contribution in [1.29, 1.82) is 0 Å². The van der Waals surface area contributed by atoms with Crippen LogP contribution >= 0.6 is 0 Å². The number of aliphatic hydroxyl groups excluding tert-OH is 1. The van der Waals surface area contributed by atoms with Gasteiger partial charge in [0.15, 0.2) is 0 Å². The smallest absolute Gasteiger partial charge is 0.229 e. The molecule has 1 aromatic rings. The number of carbonyl (C=O) groups is 2. The van der Waals surface area contributed by atoms with Crippen LogP contribution in [0.25, 0.3) is 0 Å². The van der Waals surface area contributed by atoms with Gasteiger partial charge in [-0.2, -0.15) is 0 Å². The first kappa shape index (κ1) is 13.5. The average Bonchev–Trinajstić information content (AvgIpc) is 2.83. The number of hydrogen-bond acceptors (Lipinski definition) is 3. The largest absolute Gasteiger partial charge is 0.396 e. The second-order valence-electron chi connectivity index (χ2n) is 4.72. The van der Waals surface area contributed by atoms with E-state index in [1.54, 1.807) is 0 Å². The van der Waals surface area contributed by atoms with Crippen molar-refractivity contribution in [3.8, 4) is 0 Å². The van der Waals surface area contributed by atoms with Gasteiger partial charge in [0.05, 0.1) is 5.92 Å². The van der Waals surface area contributed by atoms with Gasteiger partial charge in [0.1, 0.15) is 0 Å². The van der Waals surface area contributed by atoms with Crippen molar-refractivity contribution in [3.63, 3.8) is 0 Å². The normalized spacial score (nSPS) is 18.2. The molecule has 0 aromatic heterocycles. The molecule has 0 bridgehead atoms. The summed E-state index contributed by atoms with van der Waals surface area (Å²) in [6.07, 6.45) is 1.75. The summed E-state index contributed by atoms with van der Waals surface area (Å²) in [6, 6.07) is 7.56. The number of aliphatic hydroxyl groups is 1. The molecule has 1 fully saturated rings. The summed E-state index contributed by atoms with van der Waals surface area (Å²) in [5.74, 6) is -0.483. The lowest BCUT2D eigenvalue weighted by Crippen LogP contribution is -2.24. The van der Waals surface area contributed by atoms with Crippen LogP contribution in [0, 0.1) is 5.92 Å². The van der Waals surface area contributed by atoms with Gasteiger partial charge in [0.25, 0.3) is 0 Å². The lowest BCUT2D eigenvalue weighted by molar-refractivity contribution is -0.123. The minimum atomic E-state index is -0.284. The zero-order valence-electron chi connectivity index (χ0n) is 10.7. The molecule has 5 heteroatoms. The van der Waals surface area contributed by atoms with Crippen LogP contribution in [0.3, 0.4) is 0 Å². The fourth-order valence-electron chi connectivity index (χ4n) is 2.12. The monoisotopic (exact) mass is 262 g/mol. The van der Waals surface area contributed by atoms with E-state index in [2.05, 4.69) is 10.6 Å². The van der Waals surface area contributed by atoms with Crippen LogP contribution in [0.2, 0.25) is 0 Å². The number of amides is 2. The first-order valence-electron chi connectivity index (χ1n) is 6.46. The van der Waals surface area contributed by atoms with Gasteiger partial charge >= 0.3 is 0 Å². The topological polar surface area (TPSA) is 78.4 Å². The highest BCUT2D eigenvalue weighted by molar-refractivity contribution is 5.97. The van der Waals surface area contributed by atoms with Crippen LogP contribution in [0.15, 0.2) is 24.3 Å². The maximum atomic E-state index is 11.9. The van der Waals surface area contributed by atoms with Gasteiger partial charge in [-0.15, -0.1) is 0 Å². The highest BCUT2D eigenvalue weighted by Gasteiger charge is 2.27. The van der Waals surface area contributed by atoms with E-state index >= 15 is 0 Å². The summed E-state index contributed by atoms with van der Waals surface area (Å²) in [5, 5.41) is 14.3. The summed E-state index contributed by atoms with van der Waals surface area (Å²) in [4.78, 5) is 23.0. The molecule has 1 aliphatic heterocycles.